The molecule has 6 heteroatoms. The van der Waals surface area contributed by atoms with E-state index in [0.717, 1.165) is 5.56 Å². The first-order valence-corrected chi connectivity index (χ1v) is 7.94. The Morgan fingerprint density at radius 3 is 2.12 bits per heavy atom. The largest absolute Gasteiger partial charge is 0.456 e. The summed E-state index contributed by atoms with van der Waals surface area (Å²) in [6.45, 7) is 0.0353. The topological polar surface area (TPSA) is 84.5 Å². The molecule has 6 nitrogen and oxygen atoms in total. The Morgan fingerprint density at radius 2 is 1.44 bits per heavy atom. The van der Waals surface area contributed by atoms with Crippen LogP contribution in [0.5, 0.6) is 0 Å². The van der Waals surface area contributed by atoms with Crippen molar-refractivity contribution in [3.8, 4) is 0 Å². The summed E-state index contributed by atoms with van der Waals surface area (Å²) < 4.78 is 4.86. The first kappa shape index (κ1) is 18.2. The van der Waals surface area contributed by atoms with Gasteiger partial charge in [-0.3, -0.25) is 14.4 Å². The molecule has 2 amide bonds. The van der Waals surface area contributed by atoms with Crippen molar-refractivity contribution in [3.05, 3.63) is 66.2 Å². The molecule has 2 aromatic rings. The molecule has 25 heavy (non-hydrogen) atoms. The Bertz CT molecular complexity index is 702. The maximum atomic E-state index is 11.7. The number of anilines is 1. The van der Waals surface area contributed by atoms with Crippen LogP contribution in [0.4, 0.5) is 5.69 Å². The highest BCUT2D eigenvalue weighted by atomic mass is 16.5. The molecule has 2 N–H and O–H groups in total. The Kier molecular flexibility index (Phi) is 7.18. The molecule has 0 radical (unpaired) electrons. The summed E-state index contributed by atoms with van der Waals surface area (Å²) in [4.78, 5) is 34.9. The minimum atomic E-state index is -0.585. The number of benzene rings is 2. The van der Waals surface area contributed by atoms with Crippen LogP contribution in [0.3, 0.4) is 0 Å². The Labute approximate surface area is 146 Å². The highest BCUT2D eigenvalue weighted by Gasteiger charge is 2.10. The molecule has 0 aliphatic rings. The van der Waals surface area contributed by atoms with Gasteiger partial charge in [0, 0.05) is 18.7 Å². The second-order valence-electron chi connectivity index (χ2n) is 5.34. The fourth-order valence-electron chi connectivity index (χ4n) is 2.04. The van der Waals surface area contributed by atoms with Crippen LogP contribution in [0.2, 0.25) is 0 Å². The van der Waals surface area contributed by atoms with E-state index in [4.69, 9.17) is 4.74 Å². The lowest BCUT2D eigenvalue weighted by Crippen LogP contribution is -2.24. The van der Waals surface area contributed by atoms with Crippen LogP contribution in [-0.2, 0) is 25.7 Å². The van der Waals surface area contributed by atoms with E-state index in [0.29, 0.717) is 12.2 Å². The van der Waals surface area contributed by atoms with E-state index in [2.05, 4.69) is 10.6 Å². The van der Waals surface area contributed by atoms with E-state index in [1.165, 1.54) is 0 Å². The monoisotopic (exact) mass is 340 g/mol. The molecule has 0 aromatic heterocycles. The Morgan fingerprint density at radius 1 is 0.800 bits per heavy atom. The number of hydrogen-bond donors (Lipinski definition) is 2. The van der Waals surface area contributed by atoms with Gasteiger partial charge in [-0.05, 0) is 17.7 Å². The highest BCUT2D eigenvalue weighted by Crippen LogP contribution is 2.04. The van der Waals surface area contributed by atoms with Gasteiger partial charge >= 0.3 is 5.97 Å². The molecule has 0 spiro atoms. The summed E-state index contributed by atoms with van der Waals surface area (Å²) in [5, 5.41) is 5.33. The van der Waals surface area contributed by atoms with Gasteiger partial charge in [0.05, 0.1) is 6.42 Å². The second-order valence-corrected chi connectivity index (χ2v) is 5.34. The predicted octanol–water partition coefficient (Wildman–Crippen LogP) is 2.26. The van der Waals surface area contributed by atoms with Crippen molar-refractivity contribution >= 4 is 23.5 Å². The molecule has 0 saturated carbocycles. The van der Waals surface area contributed by atoms with Crippen LogP contribution >= 0.6 is 0 Å². The fourth-order valence-corrected chi connectivity index (χ4v) is 2.04. The standard InChI is InChI=1S/C19H20N2O4/c22-17(20-13-15-7-3-1-4-8-15)11-12-19(24)25-14-18(23)21-16-9-5-2-6-10-16/h1-10H,11-14H2,(H,20,22)(H,21,23). The lowest BCUT2D eigenvalue weighted by Gasteiger charge is -2.07. The quantitative estimate of drug-likeness (QED) is 0.722. The van der Waals surface area contributed by atoms with Crippen molar-refractivity contribution in [2.24, 2.45) is 0 Å². The number of amides is 2. The van der Waals surface area contributed by atoms with Crippen LogP contribution in [0.15, 0.2) is 60.7 Å². The van der Waals surface area contributed by atoms with Crippen LogP contribution < -0.4 is 10.6 Å². The molecule has 0 aliphatic heterocycles. The number of para-hydroxylation sites is 1. The van der Waals surface area contributed by atoms with Gasteiger partial charge in [0.25, 0.3) is 5.91 Å². The number of hydrogen-bond acceptors (Lipinski definition) is 4. The van der Waals surface area contributed by atoms with E-state index in [1.54, 1.807) is 24.3 Å². The summed E-state index contributed by atoms with van der Waals surface area (Å²) in [6, 6.07) is 18.4. The van der Waals surface area contributed by atoms with E-state index < -0.39 is 11.9 Å². The first-order chi connectivity index (χ1) is 12.1. The van der Waals surface area contributed by atoms with Gasteiger partial charge in [-0.25, -0.2) is 0 Å². The maximum Gasteiger partial charge on any atom is 0.306 e. The van der Waals surface area contributed by atoms with Crippen molar-refractivity contribution in [3.63, 3.8) is 0 Å². The van der Waals surface area contributed by atoms with E-state index >= 15 is 0 Å². The minimum Gasteiger partial charge on any atom is -0.456 e. The van der Waals surface area contributed by atoms with E-state index in [1.807, 2.05) is 36.4 Å². The number of nitrogens with one attached hydrogen (secondary N) is 2. The van der Waals surface area contributed by atoms with Gasteiger partial charge < -0.3 is 15.4 Å². The van der Waals surface area contributed by atoms with Gasteiger partial charge in [-0.2, -0.15) is 0 Å². The average Bonchev–Trinajstić information content (AvgIpc) is 2.64. The summed E-state index contributed by atoms with van der Waals surface area (Å²) in [6.07, 6.45) is -0.0504. The average molecular weight is 340 g/mol. The van der Waals surface area contributed by atoms with Crippen LogP contribution in [0.1, 0.15) is 18.4 Å². The van der Waals surface area contributed by atoms with Crippen LogP contribution in [0.25, 0.3) is 0 Å². The van der Waals surface area contributed by atoms with Crippen molar-refractivity contribution < 1.29 is 19.1 Å². The van der Waals surface area contributed by atoms with Gasteiger partial charge in [0.15, 0.2) is 6.61 Å². The predicted molar refractivity (Wildman–Crippen MR) is 93.6 cm³/mol. The minimum absolute atomic E-state index is 0.0198. The van der Waals surface area contributed by atoms with Gasteiger partial charge in [-0.1, -0.05) is 48.5 Å². The SMILES string of the molecule is O=C(CCC(=O)OCC(=O)Nc1ccccc1)NCc1ccccc1. The summed E-state index contributed by atoms with van der Waals surface area (Å²) in [5.41, 5.74) is 1.61. The van der Waals surface area contributed by atoms with Crippen molar-refractivity contribution in [2.75, 3.05) is 11.9 Å². The lowest BCUT2D eigenvalue weighted by atomic mass is 10.2. The van der Waals surface area contributed by atoms with Gasteiger partial charge in [0.1, 0.15) is 0 Å². The summed E-state index contributed by atoms with van der Waals surface area (Å²) in [5.74, 6) is -1.25. The molecule has 2 rings (SSSR count). The van der Waals surface area contributed by atoms with Crippen molar-refractivity contribution in [1.29, 1.82) is 0 Å². The normalized spacial score (nSPS) is 9.92. The Balaban J connectivity index is 1.60. The zero-order chi connectivity index (χ0) is 17.9. The third-order valence-electron chi connectivity index (χ3n) is 3.31. The molecule has 130 valence electrons. The van der Waals surface area contributed by atoms with Crippen LogP contribution in [0, 0.1) is 0 Å². The lowest BCUT2D eigenvalue weighted by molar-refractivity contribution is -0.148. The molecule has 0 heterocycles. The molecule has 0 aliphatic carbocycles. The third kappa shape index (κ3) is 7.30. The molecular weight excluding hydrogens is 320 g/mol. The Hall–Kier alpha value is -3.15. The molecule has 0 bridgehead atoms. The summed E-state index contributed by atoms with van der Waals surface area (Å²) >= 11 is 0. The van der Waals surface area contributed by atoms with Crippen LogP contribution in [-0.4, -0.2) is 24.4 Å². The number of esters is 1. The second kappa shape index (κ2) is 9.87. The fraction of sp³-hybridized carbons (Fsp3) is 0.211. The van der Waals surface area contributed by atoms with Gasteiger partial charge in [-0.15, -0.1) is 0 Å². The van der Waals surface area contributed by atoms with Crippen molar-refractivity contribution in [1.82, 2.24) is 5.32 Å². The zero-order valence-electron chi connectivity index (χ0n) is 13.7. The molecule has 0 saturated heterocycles. The number of rotatable bonds is 8. The van der Waals surface area contributed by atoms with E-state index in [-0.39, 0.29) is 25.4 Å². The van der Waals surface area contributed by atoms with E-state index in [9.17, 15) is 14.4 Å². The molecule has 2 aromatic carbocycles. The maximum absolute atomic E-state index is 11.7. The summed E-state index contributed by atoms with van der Waals surface area (Å²) in [7, 11) is 0. The zero-order valence-corrected chi connectivity index (χ0v) is 13.7. The number of carbonyl (C=O) groups is 3. The highest BCUT2D eigenvalue weighted by molar-refractivity contribution is 5.92. The smallest absolute Gasteiger partial charge is 0.306 e. The third-order valence-corrected chi connectivity index (χ3v) is 3.31. The molecule has 0 unspecified atom stereocenters. The number of carbonyl (C=O) groups excluding carboxylic acids is 3. The van der Waals surface area contributed by atoms with Gasteiger partial charge in [0.2, 0.25) is 5.91 Å². The van der Waals surface area contributed by atoms with Crippen molar-refractivity contribution in [2.45, 2.75) is 19.4 Å². The molecule has 0 atom stereocenters. The number of ether oxygens (including phenoxy) is 1. The molecule has 0 fully saturated rings. The molecular formula is C19H20N2O4. The first-order valence-electron chi connectivity index (χ1n) is 7.94.